The Labute approximate surface area is 166 Å². The van der Waals surface area contributed by atoms with Crippen LogP contribution in [0.5, 0.6) is 0 Å². The Hall–Kier alpha value is -1.57. The van der Waals surface area contributed by atoms with Gasteiger partial charge in [0.05, 0.1) is 5.69 Å². The zero-order valence-corrected chi connectivity index (χ0v) is 17.5. The summed E-state index contributed by atoms with van der Waals surface area (Å²) >= 11 is 0. The minimum absolute atomic E-state index is 0. The highest BCUT2D eigenvalue weighted by molar-refractivity contribution is 14.0. The van der Waals surface area contributed by atoms with Gasteiger partial charge in [0, 0.05) is 23.7 Å². The van der Waals surface area contributed by atoms with Gasteiger partial charge in [-0.2, -0.15) is 0 Å². The summed E-state index contributed by atoms with van der Waals surface area (Å²) in [7, 11) is 0. The summed E-state index contributed by atoms with van der Waals surface area (Å²) in [6.07, 6.45) is 4.78. The van der Waals surface area contributed by atoms with Gasteiger partial charge in [0.15, 0.2) is 5.96 Å². The molecular formula is C19H27IN4O. The van der Waals surface area contributed by atoms with Gasteiger partial charge >= 0.3 is 0 Å². The van der Waals surface area contributed by atoms with Crippen LogP contribution in [0.3, 0.4) is 0 Å². The van der Waals surface area contributed by atoms with Crippen molar-refractivity contribution in [2.45, 2.75) is 52.4 Å². The van der Waals surface area contributed by atoms with Gasteiger partial charge < -0.3 is 15.6 Å². The fourth-order valence-electron chi connectivity index (χ4n) is 3.60. The highest BCUT2D eigenvalue weighted by Gasteiger charge is 2.16. The number of benzene rings is 1. The van der Waals surface area contributed by atoms with Gasteiger partial charge in [0.25, 0.3) is 0 Å². The topological polar surface area (TPSA) is 76.4 Å². The van der Waals surface area contributed by atoms with Gasteiger partial charge in [0.1, 0.15) is 5.76 Å². The predicted octanol–water partition coefficient (Wildman–Crippen LogP) is 4.32. The molecule has 3 N–H and O–H groups in total. The van der Waals surface area contributed by atoms with Crippen LogP contribution in [0.2, 0.25) is 0 Å². The van der Waals surface area contributed by atoms with E-state index >= 15 is 0 Å². The van der Waals surface area contributed by atoms with E-state index in [1.807, 2.05) is 13.8 Å². The van der Waals surface area contributed by atoms with Crippen LogP contribution >= 0.6 is 24.0 Å². The number of rotatable bonds is 4. The number of anilines is 1. The molecule has 1 aromatic carbocycles. The van der Waals surface area contributed by atoms with Gasteiger partial charge in [-0.15, -0.1) is 24.0 Å². The Bertz CT molecular complexity index is 734. The highest BCUT2D eigenvalue weighted by Crippen LogP contribution is 2.28. The molecule has 1 aromatic heterocycles. The Morgan fingerprint density at radius 1 is 1.32 bits per heavy atom. The van der Waals surface area contributed by atoms with Crippen LogP contribution in [0.1, 0.15) is 53.8 Å². The van der Waals surface area contributed by atoms with Crippen molar-refractivity contribution in [1.29, 1.82) is 0 Å². The molecule has 1 atom stereocenters. The second-order valence-electron chi connectivity index (χ2n) is 6.64. The minimum Gasteiger partial charge on any atom is -0.370 e. The Balaban J connectivity index is 0.00000225. The molecule has 0 spiro atoms. The molecule has 136 valence electrons. The molecule has 0 amide bonds. The smallest absolute Gasteiger partial charge is 0.193 e. The first kappa shape index (κ1) is 19.8. The molecule has 1 heterocycles. The number of aromatic nitrogens is 1. The summed E-state index contributed by atoms with van der Waals surface area (Å²) in [6, 6.07) is 6.39. The van der Waals surface area contributed by atoms with Crippen molar-refractivity contribution >= 4 is 35.6 Å². The second kappa shape index (κ2) is 8.69. The van der Waals surface area contributed by atoms with E-state index in [1.165, 1.54) is 24.0 Å². The van der Waals surface area contributed by atoms with E-state index in [0.717, 1.165) is 35.5 Å². The largest absolute Gasteiger partial charge is 0.370 e. The molecule has 1 aliphatic carbocycles. The molecule has 0 radical (unpaired) electrons. The summed E-state index contributed by atoms with van der Waals surface area (Å²) < 4.78 is 5.24. The molecule has 0 bridgehead atoms. The third-order valence-electron chi connectivity index (χ3n) is 4.78. The molecule has 2 aromatic rings. The van der Waals surface area contributed by atoms with Crippen LogP contribution in [0.4, 0.5) is 5.69 Å². The Morgan fingerprint density at radius 3 is 2.80 bits per heavy atom. The normalized spacial score (nSPS) is 15.2. The van der Waals surface area contributed by atoms with Crippen molar-refractivity contribution < 1.29 is 4.52 Å². The number of nitrogens with one attached hydrogen (secondary N) is 1. The molecule has 6 heteroatoms. The number of hydrogen-bond acceptors (Lipinski definition) is 3. The summed E-state index contributed by atoms with van der Waals surface area (Å²) in [6.45, 7) is 6.63. The molecule has 25 heavy (non-hydrogen) atoms. The number of guanidine groups is 1. The molecule has 1 aliphatic rings. The van der Waals surface area contributed by atoms with Crippen LogP contribution in [0.15, 0.2) is 27.7 Å². The minimum atomic E-state index is 0. The van der Waals surface area contributed by atoms with E-state index in [1.54, 1.807) is 0 Å². The van der Waals surface area contributed by atoms with Gasteiger partial charge in [0.2, 0.25) is 0 Å². The number of fused-ring (bicyclic) bond motifs is 1. The maximum Gasteiger partial charge on any atom is 0.193 e. The molecule has 0 aliphatic heterocycles. The lowest BCUT2D eigenvalue weighted by molar-refractivity contribution is 0.391. The summed E-state index contributed by atoms with van der Waals surface area (Å²) in [5.41, 5.74) is 12.1. The maximum atomic E-state index is 6.12. The fraction of sp³-hybridized carbons (Fsp3) is 0.474. The van der Waals surface area contributed by atoms with Gasteiger partial charge in [-0.25, -0.2) is 0 Å². The number of halogens is 1. The molecule has 3 rings (SSSR count). The lowest BCUT2D eigenvalue weighted by atomic mass is 9.90. The van der Waals surface area contributed by atoms with Gasteiger partial charge in [-0.1, -0.05) is 24.2 Å². The fourth-order valence-corrected chi connectivity index (χ4v) is 3.60. The molecule has 0 saturated heterocycles. The molecular weight excluding hydrogens is 427 g/mol. The van der Waals surface area contributed by atoms with Crippen molar-refractivity contribution in [3.63, 3.8) is 0 Å². The zero-order chi connectivity index (χ0) is 17.1. The van der Waals surface area contributed by atoms with Crippen LogP contribution < -0.4 is 11.1 Å². The first-order valence-corrected chi connectivity index (χ1v) is 8.66. The monoisotopic (exact) mass is 454 g/mol. The SMILES string of the molecule is Cc1noc(C)c1C(C)CN=C(N)Nc1cccc2c1CCCC2.I. The van der Waals surface area contributed by atoms with Crippen molar-refractivity contribution in [2.75, 3.05) is 11.9 Å². The summed E-state index contributed by atoms with van der Waals surface area (Å²) in [5, 5.41) is 7.30. The number of nitrogens with two attached hydrogens (primary N) is 1. The van der Waals surface area contributed by atoms with Gasteiger partial charge in [-0.05, 0) is 56.7 Å². The zero-order valence-electron chi connectivity index (χ0n) is 15.1. The summed E-state index contributed by atoms with van der Waals surface area (Å²) in [5.74, 6) is 1.55. The average molecular weight is 454 g/mol. The third-order valence-corrected chi connectivity index (χ3v) is 4.78. The van der Waals surface area contributed by atoms with E-state index < -0.39 is 0 Å². The van der Waals surface area contributed by atoms with Crippen LogP contribution in [0.25, 0.3) is 0 Å². The number of aliphatic imine (C=N–C) groups is 1. The van der Waals surface area contributed by atoms with Crippen LogP contribution in [0, 0.1) is 13.8 Å². The van der Waals surface area contributed by atoms with E-state index in [4.69, 9.17) is 10.3 Å². The van der Waals surface area contributed by atoms with Crippen molar-refractivity contribution in [3.8, 4) is 0 Å². The van der Waals surface area contributed by atoms with Crippen molar-refractivity contribution in [3.05, 3.63) is 46.3 Å². The van der Waals surface area contributed by atoms with Crippen LogP contribution in [-0.2, 0) is 12.8 Å². The standard InChI is InChI=1S/C19H26N4O.HI/c1-12(18-13(2)23-24-14(18)3)11-21-19(20)22-17-10-6-8-15-7-4-5-9-16(15)17;/h6,8,10,12H,4-5,7,9,11H2,1-3H3,(H3,20,21,22);1H. The molecule has 0 saturated carbocycles. The lowest BCUT2D eigenvalue weighted by Crippen LogP contribution is -2.24. The maximum absolute atomic E-state index is 6.12. The van der Waals surface area contributed by atoms with Crippen molar-refractivity contribution in [2.24, 2.45) is 10.7 Å². The summed E-state index contributed by atoms with van der Waals surface area (Å²) in [4.78, 5) is 4.52. The number of hydrogen-bond donors (Lipinski definition) is 2. The molecule has 0 fully saturated rings. The third kappa shape index (κ3) is 4.54. The first-order valence-electron chi connectivity index (χ1n) is 8.66. The lowest BCUT2D eigenvalue weighted by Gasteiger charge is -2.20. The number of aryl methyl sites for hydroxylation is 3. The Morgan fingerprint density at radius 2 is 2.08 bits per heavy atom. The molecule has 1 unspecified atom stereocenters. The highest BCUT2D eigenvalue weighted by atomic mass is 127. The van der Waals surface area contributed by atoms with Crippen LogP contribution in [-0.4, -0.2) is 17.7 Å². The Kier molecular flexibility index (Phi) is 6.87. The van der Waals surface area contributed by atoms with Gasteiger partial charge in [-0.3, -0.25) is 4.99 Å². The van der Waals surface area contributed by atoms with E-state index in [-0.39, 0.29) is 29.9 Å². The second-order valence-corrected chi connectivity index (χ2v) is 6.64. The van der Waals surface area contributed by atoms with E-state index in [2.05, 4.69) is 40.6 Å². The predicted molar refractivity (Wildman–Crippen MR) is 113 cm³/mol. The average Bonchev–Trinajstić information content (AvgIpc) is 2.92. The van der Waals surface area contributed by atoms with Crippen molar-refractivity contribution in [1.82, 2.24) is 5.16 Å². The van der Waals surface area contributed by atoms with E-state index in [0.29, 0.717) is 12.5 Å². The van der Waals surface area contributed by atoms with E-state index in [9.17, 15) is 0 Å². The molecule has 5 nitrogen and oxygen atoms in total. The first-order chi connectivity index (χ1) is 11.6. The number of nitrogens with zero attached hydrogens (tertiary/aromatic N) is 2. The quantitative estimate of drug-likeness (QED) is 0.410.